The molecule has 4 unspecified atom stereocenters. The molecule has 1 saturated heterocycles. The van der Waals surface area contributed by atoms with E-state index < -0.39 is 55.2 Å². The van der Waals surface area contributed by atoms with Crippen molar-refractivity contribution in [3.8, 4) is 0 Å². The largest absolute Gasteiger partial charge is 0.477 e. The lowest BCUT2D eigenvalue weighted by molar-refractivity contribution is -0.292. The van der Waals surface area contributed by atoms with Crippen molar-refractivity contribution >= 4 is 5.97 Å². The first kappa shape index (κ1) is 15.2. The summed E-state index contributed by atoms with van der Waals surface area (Å²) in [5, 5.41) is 55.5. The Hall–Kier alpha value is -0.810. The van der Waals surface area contributed by atoms with E-state index in [0.29, 0.717) is 0 Å². The fourth-order valence-corrected chi connectivity index (χ4v) is 1.75. The van der Waals surface area contributed by atoms with Gasteiger partial charge < -0.3 is 41.1 Å². The fraction of sp³-hybridized carbons (Fsp3) is 0.889. The molecule has 18 heavy (non-hydrogen) atoms. The second-order valence-electron chi connectivity index (χ2n) is 4.26. The van der Waals surface area contributed by atoms with Crippen LogP contribution in [-0.2, 0) is 9.53 Å². The third-order valence-electron chi connectivity index (χ3n) is 2.89. The number of aliphatic carboxylic acids is 1. The summed E-state index contributed by atoms with van der Waals surface area (Å²) in [4.78, 5) is 10.8. The summed E-state index contributed by atoms with van der Waals surface area (Å²) >= 11 is 0. The Labute approximate surface area is 102 Å². The van der Waals surface area contributed by atoms with E-state index in [-0.39, 0.29) is 0 Å². The van der Waals surface area contributed by atoms with Crippen molar-refractivity contribution in [2.75, 3.05) is 6.61 Å². The van der Waals surface area contributed by atoms with Gasteiger partial charge in [0.25, 0.3) is 5.79 Å². The maximum atomic E-state index is 10.8. The molecule has 1 aliphatic heterocycles. The first-order chi connectivity index (χ1) is 8.23. The number of aliphatic hydroxyl groups is 5. The average Bonchev–Trinajstić information content (AvgIpc) is 2.31. The molecule has 0 saturated carbocycles. The monoisotopic (exact) mass is 267 g/mol. The highest BCUT2D eigenvalue weighted by atomic mass is 16.7. The van der Waals surface area contributed by atoms with Gasteiger partial charge in [-0.1, -0.05) is 0 Å². The Kier molecular flexibility index (Phi) is 4.61. The number of rotatable bonds is 4. The fourth-order valence-electron chi connectivity index (χ4n) is 1.75. The first-order valence-corrected chi connectivity index (χ1v) is 5.27. The van der Waals surface area contributed by atoms with Crippen molar-refractivity contribution in [1.29, 1.82) is 0 Å². The number of hydrogen-bond acceptors (Lipinski definition) is 8. The zero-order valence-corrected chi connectivity index (χ0v) is 9.38. The highest BCUT2D eigenvalue weighted by molar-refractivity contribution is 5.75. The lowest BCUT2D eigenvalue weighted by atomic mass is 9.89. The SMILES string of the molecule is NC1[C@@H](C(O)C(O)CO)OC(O)(C(=O)O)C[C@H]1O. The minimum Gasteiger partial charge on any atom is -0.477 e. The lowest BCUT2D eigenvalue weighted by Gasteiger charge is -2.43. The topological polar surface area (TPSA) is 174 Å². The molecule has 0 aromatic heterocycles. The maximum absolute atomic E-state index is 10.8. The number of nitrogens with two attached hydrogens (primary N) is 1. The van der Waals surface area contributed by atoms with Gasteiger partial charge in [-0.3, -0.25) is 0 Å². The summed E-state index contributed by atoms with van der Waals surface area (Å²) in [5.74, 6) is -4.44. The molecular formula is C9H17NO8. The van der Waals surface area contributed by atoms with Crippen LogP contribution in [0.3, 0.4) is 0 Å². The Morgan fingerprint density at radius 2 is 2.06 bits per heavy atom. The number of hydrogen-bond donors (Lipinski definition) is 7. The highest BCUT2D eigenvalue weighted by Gasteiger charge is 2.52. The van der Waals surface area contributed by atoms with E-state index in [1.165, 1.54) is 0 Å². The van der Waals surface area contributed by atoms with Crippen molar-refractivity contribution in [2.24, 2.45) is 5.73 Å². The summed E-state index contributed by atoms with van der Waals surface area (Å²) in [6, 6.07) is -1.21. The smallest absolute Gasteiger partial charge is 0.364 e. The molecule has 0 bridgehead atoms. The molecule has 0 spiro atoms. The molecule has 1 aliphatic rings. The van der Waals surface area contributed by atoms with Crippen LogP contribution in [0.1, 0.15) is 6.42 Å². The number of aliphatic hydroxyl groups excluding tert-OH is 4. The summed E-state index contributed by atoms with van der Waals surface area (Å²) < 4.78 is 4.75. The van der Waals surface area contributed by atoms with Crippen molar-refractivity contribution < 1.29 is 40.2 Å². The molecule has 9 nitrogen and oxygen atoms in total. The molecule has 0 aliphatic carbocycles. The van der Waals surface area contributed by atoms with Gasteiger partial charge in [0.1, 0.15) is 18.3 Å². The van der Waals surface area contributed by atoms with Gasteiger partial charge >= 0.3 is 5.97 Å². The van der Waals surface area contributed by atoms with Gasteiger partial charge in [-0.05, 0) is 0 Å². The summed E-state index contributed by atoms with van der Waals surface area (Å²) in [6.45, 7) is -0.810. The minimum absolute atomic E-state index is 0.665. The molecule has 9 heteroatoms. The molecule has 0 aromatic carbocycles. The second-order valence-corrected chi connectivity index (χ2v) is 4.26. The molecular weight excluding hydrogens is 250 g/mol. The van der Waals surface area contributed by atoms with Crippen LogP contribution in [0.25, 0.3) is 0 Å². The van der Waals surface area contributed by atoms with Crippen LogP contribution in [0.15, 0.2) is 0 Å². The van der Waals surface area contributed by atoms with Gasteiger partial charge in [-0.25, -0.2) is 4.79 Å². The molecule has 0 amide bonds. The van der Waals surface area contributed by atoms with E-state index in [2.05, 4.69) is 0 Å². The van der Waals surface area contributed by atoms with Gasteiger partial charge in [-0.2, -0.15) is 0 Å². The van der Waals surface area contributed by atoms with Crippen LogP contribution in [-0.4, -0.2) is 79.5 Å². The third kappa shape index (κ3) is 2.78. The molecule has 0 aromatic rings. The number of carbonyl (C=O) groups is 1. The van der Waals surface area contributed by atoms with Crippen LogP contribution in [0.5, 0.6) is 0 Å². The first-order valence-electron chi connectivity index (χ1n) is 5.27. The maximum Gasteiger partial charge on any atom is 0.364 e. The quantitative estimate of drug-likeness (QED) is 0.267. The van der Waals surface area contributed by atoms with Gasteiger partial charge in [0, 0.05) is 6.42 Å². The van der Waals surface area contributed by atoms with E-state index in [0.717, 1.165) is 0 Å². The standard InChI is InChI=1S/C9H17NO8/c10-5-3(12)1-9(17,8(15)16)18-7(5)6(14)4(13)2-11/h3-7,11-14,17H,1-2,10H2,(H,15,16)/t3-,4?,5?,6?,7+,9?/m1/s1. The molecule has 1 rings (SSSR count). The van der Waals surface area contributed by atoms with Gasteiger partial charge in [0.15, 0.2) is 0 Å². The average molecular weight is 267 g/mol. The molecule has 1 heterocycles. The van der Waals surface area contributed by atoms with Crippen LogP contribution in [0, 0.1) is 0 Å². The van der Waals surface area contributed by atoms with E-state index in [1.807, 2.05) is 0 Å². The minimum atomic E-state index is -2.70. The van der Waals surface area contributed by atoms with Gasteiger partial charge in [0.05, 0.1) is 18.8 Å². The normalized spacial score (nSPS) is 40.2. The predicted octanol–water partition coefficient (Wildman–Crippen LogP) is -4.05. The Bertz CT molecular complexity index is 313. The molecule has 1 fully saturated rings. The van der Waals surface area contributed by atoms with Crippen molar-refractivity contribution in [2.45, 2.75) is 42.7 Å². The third-order valence-corrected chi connectivity index (χ3v) is 2.89. The van der Waals surface area contributed by atoms with Crippen molar-refractivity contribution in [3.05, 3.63) is 0 Å². The molecule has 6 atom stereocenters. The molecule has 8 N–H and O–H groups in total. The van der Waals surface area contributed by atoms with E-state index in [4.69, 9.17) is 20.7 Å². The number of carboxylic acids is 1. The van der Waals surface area contributed by atoms with Crippen LogP contribution in [0.2, 0.25) is 0 Å². The summed E-state index contributed by atoms with van der Waals surface area (Å²) in [7, 11) is 0. The zero-order chi connectivity index (χ0) is 14.1. The van der Waals surface area contributed by atoms with E-state index >= 15 is 0 Å². The Morgan fingerprint density at radius 3 is 2.50 bits per heavy atom. The molecule has 0 radical (unpaired) electrons. The summed E-state index contributed by atoms with van der Waals surface area (Å²) in [5.41, 5.74) is 5.51. The Morgan fingerprint density at radius 1 is 1.50 bits per heavy atom. The van der Waals surface area contributed by atoms with Crippen molar-refractivity contribution in [1.82, 2.24) is 0 Å². The highest BCUT2D eigenvalue weighted by Crippen LogP contribution is 2.29. The van der Waals surface area contributed by atoms with Crippen LogP contribution in [0.4, 0.5) is 0 Å². The van der Waals surface area contributed by atoms with E-state index in [1.54, 1.807) is 0 Å². The lowest BCUT2D eigenvalue weighted by Crippen LogP contribution is -2.65. The van der Waals surface area contributed by atoms with E-state index in [9.17, 15) is 25.2 Å². The predicted molar refractivity (Wildman–Crippen MR) is 55.2 cm³/mol. The van der Waals surface area contributed by atoms with Gasteiger partial charge in [-0.15, -0.1) is 0 Å². The van der Waals surface area contributed by atoms with Crippen LogP contribution < -0.4 is 5.73 Å². The van der Waals surface area contributed by atoms with Crippen molar-refractivity contribution in [3.63, 3.8) is 0 Å². The number of ether oxygens (including phenoxy) is 1. The number of carboxylic acid groups (broad SMARTS) is 1. The molecule has 106 valence electrons. The summed E-state index contributed by atoms with van der Waals surface area (Å²) in [6.07, 6.45) is -7.01. The van der Waals surface area contributed by atoms with Crippen LogP contribution >= 0.6 is 0 Å². The second kappa shape index (κ2) is 5.45. The zero-order valence-electron chi connectivity index (χ0n) is 9.38. The van der Waals surface area contributed by atoms with Gasteiger partial charge in [0.2, 0.25) is 0 Å². The Balaban J connectivity index is 2.92.